The molecule has 3 rings (SSSR count). The van der Waals surface area contributed by atoms with E-state index in [9.17, 15) is 32.7 Å². The molecule has 0 aliphatic carbocycles. The van der Waals surface area contributed by atoms with Gasteiger partial charge in [-0.25, -0.2) is 14.8 Å². The van der Waals surface area contributed by atoms with Crippen molar-refractivity contribution in [3.63, 3.8) is 0 Å². The summed E-state index contributed by atoms with van der Waals surface area (Å²) in [5.41, 5.74) is -1.95. The Morgan fingerprint density at radius 1 is 0.971 bits per heavy atom. The molecule has 0 radical (unpaired) electrons. The number of benzene rings is 2. The fraction of sp³-hybridized carbons (Fsp3) is 0.136. The summed E-state index contributed by atoms with van der Waals surface area (Å²) in [4.78, 5) is 45.4. The van der Waals surface area contributed by atoms with Crippen LogP contribution in [0.15, 0.2) is 54.9 Å². The van der Waals surface area contributed by atoms with Gasteiger partial charge in [0.25, 0.3) is 0 Å². The van der Waals surface area contributed by atoms with Gasteiger partial charge >= 0.3 is 12.1 Å². The van der Waals surface area contributed by atoms with E-state index in [0.29, 0.717) is 17.7 Å². The van der Waals surface area contributed by atoms with Crippen molar-refractivity contribution in [2.45, 2.75) is 19.1 Å². The molecule has 7 nitrogen and oxygen atoms in total. The Kier molecular flexibility index (Phi) is 7.53. The van der Waals surface area contributed by atoms with Crippen molar-refractivity contribution in [2.75, 3.05) is 4.90 Å². The maximum Gasteiger partial charge on any atom is 0.416 e. The third-order valence-corrected chi connectivity index (χ3v) is 5.30. The summed E-state index contributed by atoms with van der Waals surface area (Å²) >= 11 is 11.9. The van der Waals surface area contributed by atoms with Crippen LogP contribution in [0.3, 0.4) is 0 Å². The van der Waals surface area contributed by atoms with Gasteiger partial charge in [0, 0.05) is 18.1 Å². The first-order valence-electron chi connectivity index (χ1n) is 9.46. The number of alkyl halides is 3. The van der Waals surface area contributed by atoms with Crippen LogP contribution in [0.25, 0.3) is 0 Å². The maximum atomic E-state index is 13.4. The van der Waals surface area contributed by atoms with Gasteiger partial charge in [0.05, 0.1) is 34.1 Å². The fourth-order valence-electron chi connectivity index (χ4n) is 2.95. The maximum absolute atomic E-state index is 13.4. The van der Waals surface area contributed by atoms with Gasteiger partial charge in [0.1, 0.15) is 0 Å². The van der Waals surface area contributed by atoms with E-state index in [0.717, 1.165) is 11.0 Å². The zero-order valence-corrected chi connectivity index (χ0v) is 18.5. The Labute approximate surface area is 200 Å². The van der Waals surface area contributed by atoms with Crippen molar-refractivity contribution in [3.8, 4) is 0 Å². The first kappa shape index (κ1) is 25.1. The number of nitrogens with zero attached hydrogens (tertiary/aromatic N) is 3. The van der Waals surface area contributed by atoms with Crippen LogP contribution in [-0.2, 0) is 17.5 Å². The number of halogens is 5. The number of aromatic carboxylic acids is 1. The van der Waals surface area contributed by atoms with Gasteiger partial charge in [-0.05, 0) is 42.0 Å². The second-order valence-corrected chi connectivity index (χ2v) is 7.79. The van der Waals surface area contributed by atoms with E-state index >= 15 is 0 Å². The standard InChI is InChI=1S/C22H14Cl2F3N3O4/c23-16-3-2-12(6-17(16)24)11-30(19(32)10-18(31)20-28-4-1-5-29-20)15-8-13(21(33)34)7-14(9-15)22(25,26)27/h1-9H,10-11H2,(H,33,34). The van der Waals surface area contributed by atoms with E-state index in [-0.39, 0.29) is 28.1 Å². The Morgan fingerprint density at radius 3 is 2.24 bits per heavy atom. The first-order valence-corrected chi connectivity index (χ1v) is 10.2. The Balaban J connectivity index is 2.06. The molecule has 176 valence electrons. The number of hydrogen-bond acceptors (Lipinski definition) is 5. The van der Waals surface area contributed by atoms with Gasteiger partial charge in [0.2, 0.25) is 11.7 Å². The van der Waals surface area contributed by atoms with Crippen LogP contribution < -0.4 is 4.90 Å². The Hall–Kier alpha value is -3.50. The summed E-state index contributed by atoms with van der Waals surface area (Å²) in [5.74, 6) is -3.54. The summed E-state index contributed by atoms with van der Waals surface area (Å²) in [6, 6.07) is 7.78. The second-order valence-electron chi connectivity index (χ2n) is 6.97. The highest BCUT2D eigenvalue weighted by Crippen LogP contribution is 2.34. The average molecular weight is 512 g/mol. The smallest absolute Gasteiger partial charge is 0.416 e. The fourth-order valence-corrected chi connectivity index (χ4v) is 3.27. The molecule has 0 spiro atoms. The number of rotatable bonds is 7. The topological polar surface area (TPSA) is 100 Å². The van der Waals surface area contributed by atoms with E-state index in [1.807, 2.05) is 0 Å². The number of anilines is 1. The van der Waals surface area contributed by atoms with Gasteiger partial charge in [0.15, 0.2) is 5.82 Å². The van der Waals surface area contributed by atoms with E-state index in [2.05, 4.69) is 9.97 Å². The van der Waals surface area contributed by atoms with Crippen LogP contribution in [0.1, 0.15) is 38.5 Å². The number of Topliss-reactive ketones (excluding diaryl/α,β-unsaturated/α-hetero) is 1. The summed E-state index contributed by atoms with van der Waals surface area (Å²) in [7, 11) is 0. The van der Waals surface area contributed by atoms with Crippen LogP contribution in [0.5, 0.6) is 0 Å². The molecule has 0 saturated heterocycles. The minimum absolute atomic E-state index is 0.135. The van der Waals surface area contributed by atoms with Crippen molar-refractivity contribution < 1.29 is 32.7 Å². The molecule has 1 heterocycles. The third-order valence-electron chi connectivity index (χ3n) is 4.56. The lowest BCUT2D eigenvalue weighted by Gasteiger charge is -2.24. The van der Waals surface area contributed by atoms with Crippen LogP contribution in [0.2, 0.25) is 10.0 Å². The number of ketones is 1. The number of hydrogen-bond donors (Lipinski definition) is 1. The van der Waals surface area contributed by atoms with Crippen molar-refractivity contribution in [1.29, 1.82) is 0 Å². The predicted molar refractivity (Wildman–Crippen MR) is 117 cm³/mol. The lowest BCUT2D eigenvalue weighted by atomic mass is 10.1. The van der Waals surface area contributed by atoms with Crippen molar-refractivity contribution in [1.82, 2.24) is 9.97 Å². The normalized spacial score (nSPS) is 11.2. The van der Waals surface area contributed by atoms with Gasteiger partial charge in [-0.15, -0.1) is 0 Å². The predicted octanol–water partition coefficient (Wildman–Crippen LogP) is 5.31. The number of carboxylic acids is 1. The van der Waals surface area contributed by atoms with E-state index in [4.69, 9.17) is 23.2 Å². The van der Waals surface area contributed by atoms with E-state index in [1.54, 1.807) is 0 Å². The molecule has 0 aliphatic rings. The summed E-state index contributed by atoms with van der Waals surface area (Å²) in [6.07, 6.45) is -3.07. The molecular formula is C22H14Cl2F3N3O4. The first-order chi connectivity index (χ1) is 16.0. The zero-order valence-electron chi connectivity index (χ0n) is 17.0. The molecule has 1 amide bonds. The molecule has 3 aromatic rings. The molecule has 12 heteroatoms. The van der Waals surface area contributed by atoms with Gasteiger partial charge in [-0.1, -0.05) is 29.3 Å². The minimum Gasteiger partial charge on any atom is -0.478 e. The highest BCUT2D eigenvalue weighted by atomic mass is 35.5. The van der Waals surface area contributed by atoms with Crippen LogP contribution >= 0.6 is 23.2 Å². The van der Waals surface area contributed by atoms with Crippen LogP contribution in [0, 0.1) is 0 Å². The molecule has 34 heavy (non-hydrogen) atoms. The molecule has 0 saturated carbocycles. The number of carbonyl (C=O) groups is 3. The second kappa shape index (κ2) is 10.2. The molecule has 0 atom stereocenters. The largest absolute Gasteiger partial charge is 0.478 e. The van der Waals surface area contributed by atoms with E-state index < -0.39 is 41.4 Å². The quantitative estimate of drug-likeness (QED) is 0.341. The van der Waals surface area contributed by atoms with Gasteiger partial charge in [-0.3, -0.25) is 9.59 Å². The molecule has 0 bridgehead atoms. The summed E-state index contributed by atoms with van der Waals surface area (Å²) in [6.45, 7) is -0.320. The Morgan fingerprint density at radius 2 is 1.65 bits per heavy atom. The van der Waals surface area contributed by atoms with Gasteiger partial charge in [-0.2, -0.15) is 13.2 Å². The highest BCUT2D eigenvalue weighted by molar-refractivity contribution is 6.42. The average Bonchev–Trinajstić information content (AvgIpc) is 2.79. The summed E-state index contributed by atoms with van der Waals surface area (Å²) in [5, 5.41) is 9.65. The highest BCUT2D eigenvalue weighted by Gasteiger charge is 2.33. The van der Waals surface area contributed by atoms with Crippen molar-refractivity contribution >= 4 is 46.5 Å². The monoisotopic (exact) mass is 511 g/mol. The van der Waals surface area contributed by atoms with Gasteiger partial charge < -0.3 is 10.0 Å². The zero-order chi connectivity index (χ0) is 25.0. The molecule has 0 fully saturated rings. The molecule has 1 aromatic heterocycles. The lowest BCUT2D eigenvalue weighted by Crippen LogP contribution is -2.33. The van der Waals surface area contributed by atoms with Crippen molar-refractivity contribution in [3.05, 3.63) is 87.4 Å². The molecular weight excluding hydrogens is 498 g/mol. The SMILES string of the molecule is O=C(O)c1cc(N(Cc2ccc(Cl)c(Cl)c2)C(=O)CC(=O)c2ncccn2)cc(C(F)(F)F)c1. The lowest BCUT2D eigenvalue weighted by molar-refractivity contribution is -0.137. The molecule has 0 unspecified atom stereocenters. The third kappa shape index (κ3) is 6.09. The number of amides is 1. The molecule has 0 aliphatic heterocycles. The number of carboxylic acid groups (broad SMARTS) is 1. The van der Waals surface area contributed by atoms with Crippen molar-refractivity contribution in [2.24, 2.45) is 0 Å². The van der Waals surface area contributed by atoms with Crippen LogP contribution in [-0.4, -0.2) is 32.7 Å². The number of carbonyl (C=O) groups excluding carboxylic acids is 2. The van der Waals surface area contributed by atoms with E-state index in [1.165, 1.54) is 36.7 Å². The molecule has 2 aromatic carbocycles. The summed E-state index contributed by atoms with van der Waals surface area (Å²) < 4.78 is 40.3. The number of aromatic nitrogens is 2. The Bertz CT molecular complexity index is 1250. The minimum atomic E-state index is -4.88. The molecule has 1 N–H and O–H groups in total. The van der Waals surface area contributed by atoms with Crippen LogP contribution in [0.4, 0.5) is 18.9 Å².